The molecule has 0 N–H and O–H groups in total. The van der Waals surface area contributed by atoms with E-state index >= 15 is 0 Å². The molecule has 3 heterocycles. The molecule has 33 heavy (non-hydrogen) atoms. The average molecular weight is 458 g/mol. The Balaban J connectivity index is 2.01. The maximum absolute atomic E-state index is 14.0. The second-order valence-corrected chi connectivity index (χ2v) is 9.36. The van der Waals surface area contributed by atoms with E-state index in [2.05, 4.69) is 9.97 Å². The number of fused-ring (bicyclic) bond motifs is 3. The van der Waals surface area contributed by atoms with Crippen molar-refractivity contribution in [3.05, 3.63) is 90.5 Å². The van der Waals surface area contributed by atoms with Gasteiger partial charge in [0, 0.05) is 40.5 Å². The van der Waals surface area contributed by atoms with Crippen LogP contribution in [0.4, 0.5) is 0 Å². The van der Waals surface area contributed by atoms with Crippen LogP contribution in [0.15, 0.2) is 84.1 Å². The highest BCUT2D eigenvalue weighted by Gasteiger charge is 2.29. The van der Waals surface area contributed by atoms with E-state index in [-0.39, 0.29) is 10.6 Å². The van der Waals surface area contributed by atoms with Gasteiger partial charge in [0.15, 0.2) is 5.69 Å². The molecule has 0 fully saturated rings. The summed E-state index contributed by atoms with van der Waals surface area (Å²) in [5.41, 5.74) is 2.70. The molecule has 2 aromatic carbocycles. The summed E-state index contributed by atoms with van der Waals surface area (Å²) in [5, 5.41) is 1.31. The highest BCUT2D eigenvalue weighted by atomic mass is 32.2. The van der Waals surface area contributed by atoms with Crippen molar-refractivity contribution in [2.75, 3.05) is 7.11 Å². The number of esters is 1. The van der Waals surface area contributed by atoms with Gasteiger partial charge in [0.25, 0.3) is 10.0 Å². The average Bonchev–Trinajstić information content (AvgIpc) is 3.19. The predicted octanol–water partition coefficient (Wildman–Crippen LogP) is 4.58. The van der Waals surface area contributed by atoms with Gasteiger partial charge in [-0.15, -0.1) is 0 Å². The summed E-state index contributed by atoms with van der Waals surface area (Å²) in [5.74, 6) is -0.666. The van der Waals surface area contributed by atoms with Crippen LogP contribution in [0.3, 0.4) is 0 Å². The van der Waals surface area contributed by atoms with Crippen LogP contribution in [0.5, 0.6) is 0 Å². The molecule has 0 atom stereocenters. The maximum atomic E-state index is 14.0. The van der Waals surface area contributed by atoms with Crippen molar-refractivity contribution >= 4 is 37.8 Å². The van der Waals surface area contributed by atoms with Gasteiger partial charge < -0.3 is 4.74 Å². The molecule has 3 aromatic heterocycles. The first kappa shape index (κ1) is 20.8. The van der Waals surface area contributed by atoms with Crippen LogP contribution in [0, 0.1) is 6.92 Å². The highest BCUT2D eigenvalue weighted by molar-refractivity contribution is 7.90. The number of ether oxygens (including phenoxy) is 1. The van der Waals surface area contributed by atoms with Crippen molar-refractivity contribution in [2.24, 2.45) is 0 Å². The van der Waals surface area contributed by atoms with Gasteiger partial charge in [0.2, 0.25) is 0 Å². The molecule has 0 amide bonds. The lowest BCUT2D eigenvalue weighted by atomic mass is 10.0. The fourth-order valence-electron chi connectivity index (χ4n) is 4.01. The Bertz CT molecular complexity index is 1620. The van der Waals surface area contributed by atoms with Crippen LogP contribution in [0.2, 0.25) is 0 Å². The number of carbonyl (C=O) groups is 1. The molecule has 0 unspecified atom stereocenters. The van der Waals surface area contributed by atoms with Gasteiger partial charge in [0.05, 0.1) is 23.0 Å². The summed E-state index contributed by atoms with van der Waals surface area (Å²) >= 11 is 0. The summed E-state index contributed by atoms with van der Waals surface area (Å²) in [4.78, 5) is 21.4. The molecule has 0 spiro atoms. The number of methoxy groups -OCH3 is 1. The largest absolute Gasteiger partial charge is 0.464 e. The van der Waals surface area contributed by atoms with Crippen molar-refractivity contribution in [3.8, 4) is 11.1 Å². The predicted molar refractivity (Wildman–Crippen MR) is 126 cm³/mol. The number of carbonyl (C=O) groups excluding carboxylic acids is 1. The number of aromatic nitrogens is 3. The second-order valence-electron chi connectivity index (χ2n) is 7.58. The summed E-state index contributed by atoms with van der Waals surface area (Å²) in [6.07, 6.45) is 4.70. The molecule has 0 aliphatic heterocycles. The van der Waals surface area contributed by atoms with Crippen molar-refractivity contribution in [1.82, 2.24) is 13.9 Å². The van der Waals surface area contributed by atoms with Crippen molar-refractivity contribution < 1.29 is 17.9 Å². The number of benzene rings is 2. The zero-order chi connectivity index (χ0) is 23.2. The molecule has 8 heteroatoms. The maximum Gasteiger partial charge on any atom is 0.357 e. The molecule has 0 aliphatic carbocycles. The number of rotatable bonds is 4. The van der Waals surface area contributed by atoms with Crippen LogP contribution in [0.1, 0.15) is 16.1 Å². The zero-order valence-corrected chi connectivity index (χ0v) is 18.7. The van der Waals surface area contributed by atoms with Gasteiger partial charge in [-0.2, -0.15) is 0 Å². The number of para-hydroxylation sites is 1. The van der Waals surface area contributed by atoms with Crippen LogP contribution in [-0.4, -0.2) is 35.4 Å². The van der Waals surface area contributed by atoms with Crippen molar-refractivity contribution in [3.63, 3.8) is 0 Å². The molecule has 7 nitrogen and oxygen atoms in total. The Kier molecular flexibility index (Phi) is 4.94. The summed E-state index contributed by atoms with van der Waals surface area (Å²) in [6.45, 7) is 1.89. The van der Waals surface area contributed by atoms with Crippen molar-refractivity contribution in [1.29, 1.82) is 0 Å². The number of aryl methyl sites for hydroxylation is 1. The first-order valence-electron chi connectivity index (χ1n) is 10.2. The minimum absolute atomic E-state index is 0.0150. The lowest BCUT2D eigenvalue weighted by molar-refractivity contribution is 0.0595. The van der Waals surface area contributed by atoms with Crippen LogP contribution in [-0.2, 0) is 14.8 Å². The Hall–Kier alpha value is -4.04. The van der Waals surface area contributed by atoms with E-state index < -0.39 is 16.0 Å². The molecule has 0 aliphatic rings. The third-order valence-corrected chi connectivity index (χ3v) is 7.28. The normalized spacial score (nSPS) is 11.7. The van der Waals surface area contributed by atoms with Crippen LogP contribution < -0.4 is 0 Å². The third-order valence-electron chi connectivity index (χ3n) is 5.56. The van der Waals surface area contributed by atoms with E-state index in [1.54, 1.807) is 60.9 Å². The Morgan fingerprint density at radius 2 is 1.70 bits per heavy atom. The first-order valence-corrected chi connectivity index (χ1v) is 11.6. The molecule has 5 rings (SSSR count). The molecule has 0 bridgehead atoms. The quantitative estimate of drug-likeness (QED) is 0.367. The lowest BCUT2D eigenvalue weighted by Crippen LogP contribution is -2.15. The smallest absolute Gasteiger partial charge is 0.357 e. The fourth-order valence-corrected chi connectivity index (χ4v) is 5.55. The molecule has 0 saturated heterocycles. The molecule has 0 radical (unpaired) electrons. The standard InChI is InChI=1S/C25H19N3O4S/c1-16-9-11-18(12-10-16)33(30,31)28-21-8-4-3-7-19(21)20-15-27-23(25(29)32-2)22(24(20)28)17-6-5-13-26-14-17/h3-15H,1-2H3. The number of hydrogen-bond acceptors (Lipinski definition) is 6. The van der Waals surface area contributed by atoms with Gasteiger partial charge in [-0.25, -0.2) is 22.2 Å². The first-order chi connectivity index (χ1) is 15.9. The molecule has 0 saturated carbocycles. The van der Waals surface area contributed by atoms with Crippen LogP contribution >= 0.6 is 0 Å². The van der Waals surface area contributed by atoms with Gasteiger partial charge in [-0.1, -0.05) is 42.0 Å². The van der Waals surface area contributed by atoms with E-state index in [1.807, 2.05) is 19.1 Å². The van der Waals surface area contributed by atoms with Crippen LogP contribution in [0.25, 0.3) is 32.9 Å². The van der Waals surface area contributed by atoms with E-state index in [4.69, 9.17) is 4.74 Å². The number of hydrogen-bond donors (Lipinski definition) is 0. The highest BCUT2D eigenvalue weighted by Crippen LogP contribution is 2.39. The monoisotopic (exact) mass is 457 g/mol. The molecule has 164 valence electrons. The lowest BCUT2D eigenvalue weighted by Gasteiger charge is -2.14. The molecular weight excluding hydrogens is 438 g/mol. The minimum atomic E-state index is -4.03. The SMILES string of the molecule is COC(=O)c1ncc2c3ccccc3n(S(=O)(=O)c3ccc(C)cc3)c2c1-c1cccnc1. The van der Waals surface area contributed by atoms with E-state index in [0.717, 1.165) is 5.56 Å². The van der Waals surface area contributed by atoms with E-state index in [9.17, 15) is 13.2 Å². The van der Waals surface area contributed by atoms with Gasteiger partial charge in [-0.3, -0.25) is 4.98 Å². The van der Waals surface area contributed by atoms with E-state index in [1.165, 1.54) is 17.3 Å². The zero-order valence-electron chi connectivity index (χ0n) is 17.9. The molecular formula is C25H19N3O4S. The third kappa shape index (κ3) is 3.27. The fraction of sp³-hybridized carbons (Fsp3) is 0.0800. The second kappa shape index (κ2) is 7.83. The Labute approximate surface area is 190 Å². The summed E-state index contributed by atoms with van der Waals surface area (Å²) < 4.78 is 34.2. The number of pyridine rings is 2. The van der Waals surface area contributed by atoms with Gasteiger partial charge in [0.1, 0.15) is 0 Å². The van der Waals surface area contributed by atoms with Crippen molar-refractivity contribution in [2.45, 2.75) is 11.8 Å². The number of nitrogens with zero attached hydrogens (tertiary/aromatic N) is 3. The summed E-state index contributed by atoms with van der Waals surface area (Å²) in [7, 11) is -2.77. The van der Waals surface area contributed by atoms with Gasteiger partial charge >= 0.3 is 5.97 Å². The Morgan fingerprint density at radius 1 is 0.939 bits per heavy atom. The Morgan fingerprint density at radius 3 is 2.39 bits per heavy atom. The molecule has 5 aromatic rings. The summed E-state index contributed by atoms with van der Waals surface area (Å²) in [6, 6.07) is 17.3. The van der Waals surface area contributed by atoms with Gasteiger partial charge in [-0.05, 0) is 31.2 Å². The minimum Gasteiger partial charge on any atom is -0.464 e. The van der Waals surface area contributed by atoms with E-state index in [0.29, 0.717) is 32.9 Å². The topological polar surface area (TPSA) is 91.1 Å².